The van der Waals surface area contributed by atoms with Crippen LogP contribution in [-0.4, -0.2) is 34.0 Å². The number of rotatable bonds is 3. The van der Waals surface area contributed by atoms with Gasteiger partial charge in [0.1, 0.15) is 5.69 Å². The lowest BCUT2D eigenvalue weighted by Crippen LogP contribution is -2.28. The fourth-order valence-electron chi connectivity index (χ4n) is 3.11. The Morgan fingerprint density at radius 1 is 1.12 bits per heavy atom. The van der Waals surface area contributed by atoms with Gasteiger partial charge in [-0.1, -0.05) is 41.6 Å². The van der Waals surface area contributed by atoms with Crippen LogP contribution in [0.15, 0.2) is 65.3 Å². The maximum atomic E-state index is 12.7. The molecule has 0 bridgehead atoms. The Labute approximate surface area is 139 Å². The largest absolute Gasteiger partial charge is 0.354 e. The van der Waals surface area contributed by atoms with Crippen molar-refractivity contribution in [1.29, 1.82) is 0 Å². The molecule has 5 nitrogen and oxygen atoms in total. The van der Waals surface area contributed by atoms with E-state index in [1.54, 1.807) is 12.3 Å². The van der Waals surface area contributed by atoms with E-state index in [0.717, 1.165) is 13.0 Å². The van der Waals surface area contributed by atoms with Crippen molar-refractivity contribution in [2.24, 2.45) is 0 Å². The van der Waals surface area contributed by atoms with E-state index in [1.807, 2.05) is 41.3 Å². The predicted molar refractivity (Wildman–Crippen MR) is 89.4 cm³/mol. The van der Waals surface area contributed by atoms with Crippen molar-refractivity contribution in [3.05, 3.63) is 72.1 Å². The van der Waals surface area contributed by atoms with Crippen molar-refractivity contribution in [1.82, 2.24) is 15.0 Å². The molecule has 0 saturated carbocycles. The molecule has 5 heteroatoms. The molecule has 1 atom stereocenters. The molecular formula is C19H17N3O2. The minimum absolute atomic E-state index is 0.0839. The number of likely N-dealkylation sites (tertiary alicyclic amines) is 1. The highest BCUT2D eigenvalue weighted by atomic mass is 16.5. The van der Waals surface area contributed by atoms with Crippen LogP contribution in [0.5, 0.6) is 0 Å². The van der Waals surface area contributed by atoms with Crippen molar-refractivity contribution in [3.63, 3.8) is 0 Å². The summed E-state index contributed by atoms with van der Waals surface area (Å²) >= 11 is 0. The highest BCUT2D eigenvalue weighted by Gasteiger charge is 2.29. The van der Waals surface area contributed by atoms with Gasteiger partial charge >= 0.3 is 0 Å². The van der Waals surface area contributed by atoms with Gasteiger partial charge in [-0.25, -0.2) is 0 Å². The van der Waals surface area contributed by atoms with Crippen molar-refractivity contribution >= 4 is 5.91 Å². The van der Waals surface area contributed by atoms with Crippen molar-refractivity contribution in [2.45, 2.75) is 12.3 Å². The molecule has 1 aromatic carbocycles. The standard InChI is InChI=1S/C19H17N3O2/c23-19(17-12-18(24-21-17)16-8-4-5-10-20-16)22-11-9-15(13-22)14-6-2-1-3-7-14/h1-8,10,12,15H,9,11,13H2. The number of hydrogen-bond acceptors (Lipinski definition) is 4. The van der Waals surface area contributed by atoms with E-state index >= 15 is 0 Å². The minimum atomic E-state index is -0.0839. The summed E-state index contributed by atoms with van der Waals surface area (Å²) < 4.78 is 5.28. The van der Waals surface area contributed by atoms with Gasteiger partial charge < -0.3 is 9.42 Å². The van der Waals surface area contributed by atoms with Crippen molar-refractivity contribution in [3.8, 4) is 11.5 Å². The van der Waals surface area contributed by atoms with Crippen molar-refractivity contribution < 1.29 is 9.32 Å². The minimum Gasteiger partial charge on any atom is -0.354 e. The normalized spacial score (nSPS) is 17.2. The lowest BCUT2D eigenvalue weighted by molar-refractivity contribution is 0.0780. The molecule has 1 fully saturated rings. The van der Waals surface area contributed by atoms with Gasteiger partial charge in [-0.3, -0.25) is 9.78 Å². The van der Waals surface area contributed by atoms with Crippen molar-refractivity contribution in [2.75, 3.05) is 13.1 Å². The maximum absolute atomic E-state index is 12.7. The molecule has 1 amide bonds. The zero-order valence-corrected chi connectivity index (χ0v) is 13.1. The molecule has 1 aliphatic heterocycles. The van der Waals surface area contributed by atoms with Gasteiger partial charge in [0, 0.05) is 31.3 Å². The number of hydrogen-bond donors (Lipinski definition) is 0. The van der Waals surface area contributed by atoms with Crippen LogP contribution in [0, 0.1) is 0 Å². The van der Waals surface area contributed by atoms with Gasteiger partial charge in [0.15, 0.2) is 11.5 Å². The van der Waals surface area contributed by atoms with Crippen LogP contribution < -0.4 is 0 Å². The van der Waals surface area contributed by atoms with Crippen LogP contribution >= 0.6 is 0 Å². The van der Waals surface area contributed by atoms with E-state index in [1.165, 1.54) is 5.56 Å². The predicted octanol–water partition coefficient (Wildman–Crippen LogP) is 3.37. The van der Waals surface area contributed by atoms with E-state index in [0.29, 0.717) is 29.6 Å². The van der Waals surface area contributed by atoms with Crippen LogP contribution in [0.4, 0.5) is 0 Å². The quantitative estimate of drug-likeness (QED) is 0.742. The first-order chi connectivity index (χ1) is 11.8. The van der Waals surface area contributed by atoms with Gasteiger partial charge in [0.2, 0.25) is 0 Å². The lowest BCUT2D eigenvalue weighted by atomic mass is 9.99. The molecular weight excluding hydrogens is 302 g/mol. The van der Waals surface area contributed by atoms with Gasteiger partial charge in [0.05, 0.1) is 0 Å². The molecule has 0 N–H and O–H groups in total. The number of aromatic nitrogens is 2. The Morgan fingerprint density at radius 2 is 1.96 bits per heavy atom. The van der Waals surface area contributed by atoms with Gasteiger partial charge in [-0.15, -0.1) is 0 Å². The average molecular weight is 319 g/mol. The molecule has 3 heterocycles. The third kappa shape index (κ3) is 2.80. The molecule has 0 spiro atoms. The molecule has 120 valence electrons. The summed E-state index contributed by atoms with van der Waals surface area (Å²) in [5, 5.41) is 3.93. The van der Waals surface area contributed by atoms with E-state index in [2.05, 4.69) is 22.3 Å². The van der Waals surface area contributed by atoms with Crippen LogP contribution in [0.25, 0.3) is 11.5 Å². The fraction of sp³-hybridized carbons (Fsp3) is 0.211. The molecule has 1 unspecified atom stereocenters. The van der Waals surface area contributed by atoms with Crippen LogP contribution in [0.3, 0.4) is 0 Å². The van der Waals surface area contributed by atoms with E-state index in [4.69, 9.17) is 4.52 Å². The van der Waals surface area contributed by atoms with Gasteiger partial charge in [-0.05, 0) is 24.1 Å². The first-order valence-electron chi connectivity index (χ1n) is 8.03. The van der Waals surface area contributed by atoms with Gasteiger partial charge in [0.25, 0.3) is 5.91 Å². The molecule has 2 aromatic heterocycles. The highest BCUT2D eigenvalue weighted by Crippen LogP contribution is 2.28. The first-order valence-corrected chi connectivity index (χ1v) is 8.03. The van der Waals surface area contributed by atoms with Crippen LogP contribution in [0.1, 0.15) is 28.4 Å². The topological polar surface area (TPSA) is 59.2 Å². The second-order valence-electron chi connectivity index (χ2n) is 5.94. The molecule has 0 radical (unpaired) electrons. The van der Waals surface area contributed by atoms with E-state index < -0.39 is 0 Å². The summed E-state index contributed by atoms with van der Waals surface area (Å²) in [6.45, 7) is 1.46. The third-order valence-corrected chi connectivity index (χ3v) is 4.39. The average Bonchev–Trinajstić information content (AvgIpc) is 3.33. The summed E-state index contributed by atoms with van der Waals surface area (Å²) in [4.78, 5) is 18.7. The molecule has 3 aromatic rings. The monoisotopic (exact) mass is 319 g/mol. The second kappa shape index (κ2) is 6.28. The summed E-state index contributed by atoms with van der Waals surface area (Å²) in [6, 6.07) is 17.5. The number of amides is 1. The number of pyridine rings is 1. The smallest absolute Gasteiger partial charge is 0.276 e. The Hall–Kier alpha value is -2.95. The Balaban J connectivity index is 1.48. The van der Waals surface area contributed by atoms with E-state index in [9.17, 15) is 4.79 Å². The molecule has 1 saturated heterocycles. The second-order valence-corrected chi connectivity index (χ2v) is 5.94. The molecule has 24 heavy (non-hydrogen) atoms. The number of carbonyl (C=O) groups is 1. The number of nitrogens with zero attached hydrogens (tertiary/aromatic N) is 3. The summed E-state index contributed by atoms with van der Waals surface area (Å²) in [7, 11) is 0. The Kier molecular flexibility index (Phi) is 3.83. The Morgan fingerprint density at radius 3 is 2.75 bits per heavy atom. The lowest BCUT2D eigenvalue weighted by Gasteiger charge is -2.15. The molecule has 0 aliphatic carbocycles. The van der Waals surface area contributed by atoms with Gasteiger partial charge in [-0.2, -0.15) is 0 Å². The molecule has 4 rings (SSSR count). The van der Waals surface area contributed by atoms with E-state index in [-0.39, 0.29) is 5.91 Å². The third-order valence-electron chi connectivity index (χ3n) is 4.39. The van der Waals surface area contributed by atoms with Crippen LogP contribution in [0.2, 0.25) is 0 Å². The zero-order valence-electron chi connectivity index (χ0n) is 13.1. The number of benzene rings is 1. The summed E-state index contributed by atoms with van der Waals surface area (Å²) in [5.41, 5.74) is 2.29. The Bertz CT molecular complexity index is 830. The molecule has 1 aliphatic rings. The maximum Gasteiger partial charge on any atom is 0.276 e. The zero-order chi connectivity index (χ0) is 16.4. The van der Waals surface area contributed by atoms with Crippen LogP contribution in [-0.2, 0) is 0 Å². The highest BCUT2D eigenvalue weighted by molar-refractivity contribution is 5.93. The number of carbonyl (C=O) groups excluding carboxylic acids is 1. The SMILES string of the molecule is O=C(c1cc(-c2ccccn2)on1)N1CCC(c2ccccc2)C1. The summed E-state index contributed by atoms with van der Waals surface area (Å²) in [5.74, 6) is 0.814. The first kappa shape index (κ1) is 14.6. The summed E-state index contributed by atoms with van der Waals surface area (Å²) in [6.07, 6.45) is 2.66. The fourth-order valence-corrected chi connectivity index (χ4v) is 3.11.